The van der Waals surface area contributed by atoms with Crippen LogP contribution in [0.3, 0.4) is 0 Å². The second kappa shape index (κ2) is 9.86. The van der Waals surface area contributed by atoms with Crippen LogP contribution in [0.5, 0.6) is 0 Å². The summed E-state index contributed by atoms with van der Waals surface area (Å²) in [5, 5.41) is 13.0. The number of esters is 1. The van der Waals surface area contributed by atoms with Gasteiger partial charge < -0.3 is 19.6 Å². The van der Waals surface area contributed by atoms with Crippen LogP contribution < -0.4 is 10.9 Å². The van der Waals surface area contributed by atoms with Gasteiger partial charge in [0.15, 0.2) is 5.58 Å². The molecule has 0 atom stereocenters. The fraction of sp³-hybridized carbons (Fsp3) is 0.154. The van der Waals surface area contributed by atoms with Gasteiger partial charge in [-0.1, -0.05) is 6.07 Å². The lowest BCUT2D eigenvalue weighted by Gasteiger charge is -2.10. The number of pyridine rings is 1. The van der Waals surface area contributed by atoms with Crippen LogP contribution in [0.15, 0.2) is 64.1 Å². The molecule has 0 unspecified atom stereocenters. The first kappa shape index (κ1) is 23.8. The van der Waals surface area contributed by atoms with E-state index in [1.807, 2.05) is 0 Å². The van der Waals surface area contributed by atoms with Crippen LogP contribution >= 0.6 is 0 Å². The SMILES string of the molecule is COC(=O)c1ccc(NC(=O)c2cc3c(CO)cnc(C)c3oc2=Nc2ccc(C)c(F)c2)cc1. The third-order valence-corrected chi connectivity index (χ3v) is 5.42. The summed E-state index contributed by atoms with van der Waals surface area (Å²) in [5.41, 5.74) is 2.84. The van der Waals surface area contributed by atoms with Crippen LogP contribution in [-0.2, 0) is 11.3 Å². The van der Waals surface area contributed by atoms with Crippen LogP contribution in [0.25, 0.3) is 11.0 Å². The van der Waals surface area contributed by atoms with E-state index in [-0.39, 0.29) is 23.4 Å². The maximum absolute atomic E-state index is 14.1. The van der Waals surface area contributed by atoms with Gasteiger partial charge in [0.05, 0.1) is 30.7 Å². The highest BCUT2D eigenvalue weighted by Crippen LogP contribution is 2.23. The third kappa shape index (κ3) is 4.95. The van der Waals surface area contributed by atoms with E-state index >= 15 is 0 Å². The van der Waals surface area contributed by atoms with Crippen molar-refractivity contribution in [3.05, 3.63) is 94.0 Å². The van der Waals surface area contributed by atoms with Gasteiger partial charge in [-0.05, 0) is 61.9 Å². The van der Waals surface area contributed by atoms with Crippen LogP contribution in [0, 0.1) is 19.7 Å². The number of fused-ring (bicyclic) bond motifs is 1. The molecule has 2 N–H and O–H groups in total. The molecule has 0 radical (unpaired) electrons. The van der Waals surface area contributed by atoms with Gasteiger partial charge in [-0.3, -0.25) is 9.78 Å². The quantitative estimate of drug-likeness (QED) is 0.415. The molecule has 178 valence electrons. The summed E-state index contributed by atoms with van der Waals surface area (Å²) in [4.78, 5) is 33.5. The number of carbonyl (C=O) groups is 2. The molecule has 0 spiro atoms. The third-order valence-electron chi connectivity index (χ3n) is 5.42. The van der Waals surface area contributed by atoms with E-state index in [2.05, 4.69) is 20.0 Å². The molecule has 0 aliphatic heterocycles. The number of hydrogen-bond acceptors (Lipinski definition) is 7. The number of aromatic nitrogens is 1. The minimum atomic E-state index is -0.550. The van der Waals surface area contributed by atoms with Gasteiger partial charge in [-0.15, -0.1) is 0 Å². The van der Waals surface area contributed by atoms with Crippen molar-refractivity contribution in [1.82, 2.24) is 4.98 Å². The van der Waals surface area contributed by atoms with Gasteiger partial charge in [0.1, 0.15) is 11.4 Å². The van der Waals surface area contributed by atoms with E-state index in [1.165, 1.54) is 31.5 Å². The Morgan fingerprint density at radius 3 is 2.54 bits per heavy atom. The predicted molar refractivity (Wildman–Crippen MR) is 127 cm³/mol. The number of ether oxygens (including phenoxy) is 1. The number of amides is 1. The van der Waals surface area contributed by atoms with Gasteiger partial charge in [0, 0.05) is 22.8 Å². The second-order valence-electron chi connectivity index (χ2n) is 7.80. The zero-order valence-corrected chi connectivity index (χ0v) is 19.3. The summed E-state index contributed by atoms with van der Waals surface area (Å²) in [6.45, 7) is 3.05. The highest BCUT2D eigenvalue weighted by atomic mass is 19.1. The monoisotopic (exact) mass is 475 g/mol. The van der Waals surface area contributed by atoms with Gasteiger partial charge in [0.2, 0.25) is 5.55 Å². The number of aryl methyl sites for hydroxylation is 2. The van der Waals surface area contributed by atoms with Crippen molar-refractivity contribution in [3.63, 3.8) is 0 Å². The van der Waals surface area contributed by atoms with Crippen LogP contribution in [-0.4, -0.2) is 29.1 Å². The Morgan fingerprint density at radius 2 is 1.89 bits per heavy atom. The molecule has 2 aromatic heterocycles. The van der Waals surface area contributed by atoms with Gasteiger partial charge in [-0.25, -0.2) is 14.2 Å². The molecular weight excluding hydrogens is 453 g/mol. The summed E-state index contributed by atoms with van der Waals surface area (Å²) >= 11 is 0. The summed E-state index contributed by atoms with van der Waals surface area (Å²) in [6.07, 6.45) is 1.51. The topological polar surface area (TPSA) is 114 Å². The summed E-state index contributed by atoms with van der Waals surface area (Å²) < 4.78 is 24.8. The Labute approximate surface area is 199 Å². The Balaban J connectivity index is 1.84. The average molecular weight is 475 g/mol. The minimum absolute atomic E-state index is 0.0515. The Bertz CT molecular complexity index is 1510. The van der Waals surface area contributed by atoms with Crippen molar-refractivity contribution in [1.29, 1.82) is 0 Å². The number of aliphatic hydroxyl groups is 1. The molecule has 1 amide bonds. The van der Waals surface area contributed by atoms with Crippen molar-refractivity contribution in [2.45, 2.75) is 20.5 Å². The number of halogens is 1. The molecule has 9 heteroatoms. The molecule has 4 rings (SSSR count). The number of nitrogens with one attached hydrogen (secondary N) is 1. The van der Waals surface area contributed by atoms with E-state index < -0.39 is 17.7 Å². The highest BCUT2D eigenvalue weighted by Gasteiger charge is 2.17. The highest BCUT2D eigenvalue weighted by molar-refractivity contribution is 6.06. The average Bonchev–Trinajstić information content (AvgIpc) is 2.86. The Morgan fingerprint density at radius 1 is 1.14 bits per heavy atom. The number of rotatable bonds is 5. The van der Waals surface area contributed by atoms with Crippen molar-refractivity contribution in [3.8, 4) is 0 Å². The first-order chi connectivity index (χ1) is 16.8. The van der Waals surface area contributed by atoms with Crippen molar-refractivity contribution in [2.75, 3.05) is 12.4 Å². The lowest BCUT2D eigenvalue weighted by atomic mass is 10.1. The van der Waals surface area contributed by atoms with E-state index in [0.717, 1.165) is 0 Å². The Hall–Kier alpha value is -4.37. The van der Waals surface area contributed by atoms with E-state index in [9.17, 15) is 19.1 Å². The maximum atomic E-state index is 14.1. The normalized spacial score (nSPS) is 11.5. The molecule has 0 saturated heterocycles. The number of aliphatic hydroxyl groups excluding tert-OH is 1. The van der Waals surface area contributed by atoms with E-state index in [1.54, 1.807) is 44.2 Å². The Kier molecular flexibility index (Phi) is 6.70. The lowest BCUT2D eigenvalue weighted by Crippen LogP contribution is -2.22. The fourth-order valence-corrected chi connectivity index (χ4v) is 3.43. The van der Waals surface area contributed by atoms with Crippen molar-refractivity contribution in [2.24, 2.45) is 4.99 Å². The minimum Gasteiger partial charge on any atom is -0.465 e. The molecule has 0 saturated carbocycles. The first-order valence-electron chi connectivity index (χ1n) is 10.6. The molecular formula is C26H22FN3O5. The molecule has 0 aliphatic rings. The molecule has 2 heterocycles. The predicted octanol–water partition coefficient (Wildman–Crippen LogP) is 4.35. The van der Waals surface area contributed by atoms with E-state index in [0.29, 0.717) is 39.0 Å². The van der Waals surface area contributed by atoms with Crippen molar-refractivity contribution >= 4 is 34.2 Å². The lowest BCUT2D eigenvalue weighted by molar-refractivity contribution is 0.0600. The first-order valence-corrected chi connectivity index (χ1v) is 10.6. The number of carbonyl (C=O) groups excluding carboxylic acids is 2. The molecule has 4 aromatic rings. The summed E-state index contributed by atoms with van der Waals surface area (Å²) in [6, 6.07) is 12.1. The number of nitrogens with zero attached hydrogens (tertiary/aromatic N) is 2. The molecule has 0 fully saturated rings. The maximum Gasteiger partial charge on any atom is 0.337 e. The fourth-order valence-electron chi connectivity index (χ4n) is 3.43. The van der Waals surface area contributed by atoms with Crippen LogP contribution in [0.2, 0.25) is 0 Å². The smallest absolute Gasteiger partial charge is 0.337 e. The molecule has 2 aromatic carbocycles. The van der Waals surface area contributed by atoms with Crippen molar-refractivity contribution < 1.29 is 28.2 Å². The number of methoxy groups -OCH3 is 1. The van der Waals surface area contributed by atoms with Gasteiger partial charge >= 0.3 is 5.97 Å². The van der Waals surface area contributed by atoms with Gasteiger partial charge in [0.25, 0.3) is 5.91 Å². The number of benzene rings is 2. The standard InChI is InChI=1S/C26H22FN3O5/c1-14-4-7-19(10-22(14)27)30-25-21(11-20-17(13-31)12-28-15(2)23(20)35-25)24(32)29-18-8-5-16(6-9-18)26(33)34-3/h4-12,31H,13H2,1-3H3,(H,29,32). The number of hydrogen-bond donors (Lipinski definition) is 2. The molecule has 0 aliphatic carbocycles. The largest absolute Gasteiger partial charge is 0.465 e. The van der Waals surface area contributed by atoms with Crippen LogP contribution in [0.4, 0.5) is 15.8 Å². The molecule has 0 bridgehead atoms. The summed E-state index contributed by atoms with van der Waals surface area (Å²) in [7, 11) is 1.28. The van der Waals surface area contributed by atoms with Gasteiger partial charge in [-0.2, -0.15) is 0 Å². The van der Waals surface area contributed by atoms with E-state index in [4.69, 9.17) is 4.42 Å². The number of anilines is 1. The second-order valence-corrected chi connectivity index (χ2v) is 7.80. The zero-order chi connectivity index (χ0) is 25.1. The molecule has 35 heavy (non-hydrogen) atoms. The van der Waals surface area contributed by atoms with Crippen LogP contribution in [0.1, 0.15) is 37.5 Å². The zero-order valence-electron chi connectivity index (χ0n) is 19.3. The molecule has 8 nitrogen and oxygen atoms in total. The summed E-state index contributed by atoms with van der Waals surface area (Å²) in [5.74, 6) is -1.49.